The molecule has 2 unspecified atom stereocenters. The average molecular weight is 318 g/mol. The Hall–Kier alpha value is -0.950. The van der Waals surface area contributed by atoms with Gasteiger partial charge in [0.25, 0.3) is 0 Å². The Labute approximate surface area is 130 Å². The first-order valence-corrected chi connectivity index (χ1v) is 8.65. The smallest absolute Gasteiger partial charge is 0.327 e. The van der Waals surface area contributed by atoms with Gasteiger partial charge in [0.2, 0.25) is 0 Å². The van der Waals surface area contributed by atoms with E-state index in [0.29, 0.717) is 18.9 Å². The van der Waals surface area contributed by atoms with Crippen LogP contribution >= 0.6 is 11.8 Å². The number of carbonyl (C=O) groups excluding carboxylic acids is 1. The Balaban J connectivity index is 2.30. The van der Waals surface area contributed by atoms with Gasteiger partial charge in [-0.1, -0.05) is 20.3 Å². The van der Waals surface area contributed by atoms with Crippen LogP contribution in [0.1, 0.15) is 39.5 Å². The molecule has 0 spiro atoms. The lowest BCUT2D eigenvalue weighted by molar-refractivity contribution is -0.141. The summed E-state index contributed by atoms with van der Waals surface area (Å²) in [5.74, 6) is -0.474. The molecule has 2 N–H and O–H groups in total. The molecular formula is C14H26N2O4S. The van der Waals surface area contributed by atoms with Gasteiger partial charge in [0.15, 0.2) is 0 Å². The number of urea groups is 1. The van der Waals surface area contributed by atoms with Crippen molar-refractivity contribution < 1.29 is 19.4 Å². The van der Waals surface area contributed by atoms with Crippen LogP contribution in [-0.2, 0) is 9.53 Å². The summed E-state index contributed by atoms with van der Waals surface area (Å²) >= 11 is 1.53. The van der Waals surface area contributed by atoms with Gasteiger partial charge in [-0.25, -0.2) is 9.59 Å². The summed E-state index contributed by atoms with van der Waals surface area (Å²) in [5.41, 5.74) is 0. The lowest BCUT2D eigenvalue weighted by Crippen LogP contribution is -2.50. The van der Waals surface area contributed by atoms with E-state index in [4.69, 9.17) is 4.74 Å². The average Bonchev–Trinajstić information content (AvgIpc) is 2.90. The van der Waals surface area contributed by atoms with E-state index in [0.717, 1.165) is 32.3 Å². The van der Waals surface area contributed by atoms with Gasteiger partial charge >= 0.3 is 12.0 Å². The molecule has 1 rings (SSSR count). The standard InChI is InChI=1S/C14H26N2O4S/c1-3-5-8-20-9-6-7-15-14(19)16-11(13(17)18)10-21-12(16)4-2/h11-12H,3-10H2,1-2H3,(H,15,19)(H,17,18). The fraction of sp³-hybridized carbons (Fsp3) is 0.857. The van der Waals surface area contributed by atoms with Crippen molar-refractivity contribution in [1.29, 1.82) is 0 Å². The van der Waals surface area contributed by atoms with Crippen LogP contribution in [0.5, 0.6) is 0 Å². The topological polar surface area (TPSA) is 78.9 Å². The molecule has 0 saturated carbocycles. The highest BCUT2D eigenvalue weighted by Crippen LogP contribution is 2.31. The zero-order chi connectivity index (χ0) is 15.7. The zero-order valence-corrected chi connectivity index (χ0v) is 13.7. The van der Waals surface area contributed by atoms with Gasteiger partial charge < -0.3 is 15.2 Å². The highest BCUT2D eigenvalue weighted by molar-refractivity contribution is 8.00. The van der Waals surface area contributed by atoms with Crippen molar-refractivity contribution in [3.8, 4) is 0 Å². The molecule has 21 heavy (non-hydrogen) atoms. The monoisotopic (exact) mass is 318 g/mol. The van der Waals surface area contributed by atoms with Crippen molar-refractivity contribution in [3.63, 3.8) is 0 Å². The second kappa shape index (κ2) is 9.89. The van der Waals surface area contributed by atoms with Gasteiger partial charge in [0, 0.05) is 25.5 Å². The van der Waals surface area contributed by atoms with Crippen LogP contribution < -0.4 is 5.32 Å². The second-order valence-electron chi connectivity index (χ2n) is 5.01. The maximum Gasteiger partial charge on any atom is 0.327 e. The van der Waals surface area contributed by atoms with E-state index in [1.165, 1.54) is 16.7 Å². The lowest BCUT2D eigenvalue weighted by Gasteiger charge is -2.26. The minimum atomic E-state index is -0.934. The van der Waals surface area contributed by atoms with Crippen LogP contribution in [0.4, 0.5) is 4.79 Å². The van der Waals surface area contributed by atoms with Crippen LogP contribution in [0.3, 0.4) is 0 Å². The quantitative estimate of drug-likeness (QED) is 0.637. The van der Waals surface area contributed by atoms with Crippen molar-refractivity contribution in [1.82, 2.24) is 10.2 Å². The number of amides is 2. The first-order chi connectivity index (χ1) is 10.1. The van der Waals surface area contributed by atoms with Crippen LogP contribution in [0.25, 0.3) is 0 Å². The third kappa shape index (κ3) is 5.74. The maximum atomic E-state index is 12.2. The number of carboxylic acid groups (broad SMARTS) is 1. The summed E-state index contributed by atoms with van der Waals surface area (Å²) in [5, 5.41) is 11.9. The first kappa shape index (κ1) is 18.1. The summed E-state index contributed by atoms with van der Waals surface area (Å²) in [7, 11) is 0. The number of carbonyl (C=O) groups is 2. The molecule has 2 amide bonds. The summed E-state index contributed by atoms with van der Waals surface area (Å²) in [6.45, 7) is 5.96. The first-order valence-electron chi connectivity index (χ1n) is 7.60. The van der Waals surface area contributed by atoms with E-state index in [1.54, 1.807) is 0 Å². The van der Waals surface area contributed by atoms with Crippen molar-refractivity contribution in [3.05, 3.63) is 0 Å². The molecule has 0 aromatic heterocycles. The Morgan fingerprint density at radius 2 is 2.05 bits per heavy atom. The Morgan fingerprint density at radius 1 is 1.33 bits per heavy atom. The number of hydrogen-bond donors (Lipinski definition) is 2. The van der Waals surface area contributed by atoms with Gasteiger partial charge in [0.05, 0.1) is 5.37 Å². The van der Waals surface area contributed by atoms with Gasteiger partial charge in [0.1, 0.15) is 6.04 Å². The third-order valence-corrected chi connectivity index (χ3v) is 4.80. The molecule has 0 aliphatic carbocycles. The largest absolute Gasteiger partial charge is 0.480 e. The van der Waals surface area contributed by atoms with Gasteiger partial charge in [-0.3, -0.25) is 4.90 Å². The van der Waals surface area contributed by atoms with Crippen molar-refractivity contribution >= 4 is 23.8 Å². The number of unbranched alkanes of at least 4 members (excludes halogenated alkanes) is 1. The normalized spacial score (nSPS) is 21.5. The number of carboxylic acids is 1. The third-order valence-electron chi connectivity index (χ3n) is 3.35. The number of nitrogens with one attached hydrogen (secondary N) is 1. The predicted molar refractivity (Wildman–Crippen MR) is 83.5 cm³/mol. The van der Waals surface area contributed by atoms with Crippen LogP contribution in [0, 0.1) is 0 Å². The molecule has 0 aromatic carbocycles. The van der Waals surface area contributed by atoms with Gasteiger partial charge in [-0.05, 0) is 19.3 Å². The Kier molecular flexibility index (Phi) is 8.52. The van der Waals surface area contributed by atoms with Crippen molar-refractivity contribution in [2.24, 2.45) is 0 Å². The predicted octanol–water partition coefficient (Wildman–Crippen LogP) is 2.14. The summed E-state index contributed by atoms with van der Waals surface area (Å²) in [6.07, 6.45) is 3.65. The number of thioether (sulfide) groups is 1. The Bertz CT molecular complexity index is 341. The molecule has 6 nitrogen and oxygen atoms in total. The molecule has 1 heterocycles. The van der Waals surface area contributed by atoms with Crippen LogP contribution in [0.2, 0.25) is 0 Å². The number of nitrogens with zero attached hydrogens (tertiary/aromatic N) is 1. The van der Waals surface area contributed by atoms with Gasteiger partial charge in [-0.15, -0.1) is 11.8 Å². The molecule has 0 bridgehead atoms. The molecule has 1 aliphatic heterocycles. The molecule has 2 atom stereocenters. The SMILES string of the molecule is CCCCOCCCNC(=O)N1C(CC)SCC1C(=O)O. The maximum absolute atomic E-state index is 12.2. The molecular weight excluding hydrogens is 292 g/mol. The Morgan fingerprint density at radius 3 is 2.67 bits per heavy atom. The van der Waals surface area contributed by atoms with Crippen molar-refractivity contribution in [2.75, 3.05) is 25.5 Å². The molecule has 122 valence electrons. The second-order valence-corrected chi connectivity index (χ2v) is 6.22. The van der Waals surface area contributed by atoms with E-state index >= 15 is 0 Å². The summed E-state index contributed by atoms with van der Waals surface area (Å²) < 4.78 is 5.42. The molecule has 0 radical (unpaired) electrons. The van der Waals surface area contributed by atoms with E-state index in [1.807, 2.05) is 6.92 Å². The number of aliphatic carboxylic acids is 1. The fourth-order valence-electron chi connectivity index (χ4n) is 2.15. The van der Waals surface area contributed by atoms with E-state index in [9.17, 15) is 14.7 Å². The van der Waals surface area contributed by atoms with Crippen LogP contribution in [-0.4, -0.2) is 58.9 Å². The minimum absolute atomic E-state index is 0.0492. The van der Waals surface area contributed by atoms with E-state index < -0.39 is 12.0 Å². The highest BCUT2D eigenvalue weighted by Gasteiger charge is 2.40. The molecule has 1 saturated heterocycles. The lowest BCUT2D eigenvalue weighted by atomic mass is 10.3. The molecule has 1 aliphatic rings. The highest BCUT2D eigenvalue weighted by atomic mass is 32.2. The van der Waals surface area contributed by atoms with Crippen LogP contribution in [0.15, 0.2) is 0 Å². The number of rotatable bonds is 9. The molecule has 0 aromatic rings. The molecule has 1 fully saturated rings. The number of ether oxygens (including phenoxy) is 1. The zero-order valence-electron chi connectivity index (χ0n) is 12.8. The summed E-state index contributed by atoms with van der Waals surface area (Å²) in [4.78, 5) is 24.8. The number of hydrogen-bond acceptors (Lipinski definition) is 4. The van der Waals surface area contributed by atoms with E-state index in [2.05, 4.69) is 12.2 Å². The fourth-order valence-corrected chi connectivity index (χ4v) is 3.50. The minimum Gasteiger partial charge on any atom is -0.480 e. The van der Waals surface area contributed by atoms with Gasteiger partial charge in [-0.2, -0.15) is 0 Å². The summed E-state index contributed by atoms with van der Waals surface area (Å²) in [6, 6.07) is -1.01. The molecule has 7 heteroatoms. The van der Waals surface area contributed by atoms with Crippen molar-refractivity contribution in [2.45, 2.75) is 50.9 Å². The van der Waals surface area contributed by atoms with E-state index in [-0.39, 0.29) is 11.4 Å².